The molecule has 2 rings (SSSR count). The maximum absolute atomic E-state index is 12.6. The van der Waals surface area contributed by atoms with E-state index in [0.717, 1.165) is 25.2 Å². The number of hydrogen-bond acceptors (Lipinski definition) is 6. The van der Waals surface area contributed by atoms with Crippen molar-refractivity contribution in [3.8, 4) is 17.4 Å². The highest BCUT2D eigenvalue weighted by Crippen LogP contribution is 2.30. The van der Waals surface area contributed by atoms with E-state index in [4.69, 9.17) is 14.3 Å². The van der Waals surface area contributed by atoms with Crippen LogP contribution in [0.1, 0.15) is 33.3 Å². The van der Waals surface area contributed by atoms with Crippen molar-refractivity contribution < 1.29 is 32.3 Å². The largest absolute Gasteiger partial charge is 0.479 e. The van der Waals surface area contributed by atoms with E-state index in [1.165, 1.54) is 19.1 Å². The first-order valence-corrected chi connectivity index (χ1v) is 9.62. The minimum atomic E-state index is -4.46. The van der Waals surface area contributed by atoms with Crippen LogP contribution in [-0.2, 0) is 15.8 Å². The van der Waals surface area contributed by atoms with Crippen LogP contribution in [0.4, 0.5) is 13.2 Å². The lowest BCUT2D eigenvalue weighted by molar-refractivity contribution is -0.151. The average molecular weight is 439 g/mol. The number of pyridine rings is 1. The first-order chi connectivity index (χ1) is 14.6. The predicted octanol–water partition coefficient (Wildman–Crippen LogP) is 4.88. The molecular weight excluding hydrogens is 415 g/mol. The lowest BCUT2D eigenvalue weighted by atomic mass is 10.3. The molecule has 31 heavy (non-hydrogen) atoms. The van der Waals surface area contributed by atoms with Gasteiger partial charge in [0, 0.05) is 25.4 Å². The lowest BCUT2D eigenvalue weighted by Crippen LogP contribution is -2.30. The Morgan fingerprint density at radius 1 is 1.10 bits per heavy atom. The van der Waals surface area contributed by atoms with Crippen molar-refractivity contribution in [1.82, 2.24) is 9.88 Å². The summed E-state index contributed by atoms with van der Waals surface area (Å²) in [4.78, 5) is 22.6. The SMILES string of the molecule is CCN(CC)/C(C)=N/OC(=O)C(C)Oc1ccc(Oc2ccc(C(F)(F)F)cn2)cc1. The van der Waals surface area contributed by atoms with Gasteiger partial charge in [0.05, 0.1) is 5.56 Å². The molecule has 0 saturated heterocycles. The molecule has 1 unspecified atom stereocenters. The van der Waals surface area contributed by atoms with Gasteiger partial charge >= 0.3 is 12.1 Å². The van der Waals surface area contributed by atoms with E-state index < -0.39 is 23.8 Å². The summed E-state index contributed by atoms with van der Waals surface area (Å²) in [6.07, 6.45) is -4.67. The molecule has 0 aliphatic rings. The van der Waals surface area contributed by atoms with Gasteiger partial charge in [0.15, 0.2) is 6.10 Å². The van der Waals surface area contributed by atoms with Crippen molar-refractivity contribution in [3.63, 3.8) is 0 Å². The van der Waals surface area contributed by atoms with E-state index in [0.29, 0.717) is 23.5 Å². The second kappa shape index (κ2) is 10.6. The highest BCUT2D eigenvalue weighted by atomic mass is 19.4. The molecule has 0 N–H and O–H groups in total. The van der Waals surface area contributed by atoms with Gasteiger partial charge in [-0.05, 0) is 58.0 Å². The van der Waals surface area contributed by atoms with Crippen LogP contribution < -0.4 is 9.47 Å². The van der Waals surface area contributed by atoms with Crippen molar-refractivity contribution in [2.24, 2.45) is 5.16 Å². The zero-order valence-electron chi connectivity index (χ0n) is 17.6. The van der Waals surface area contributed by atoms with Gasteiger partial charge in [-0.25, -0.2) is 9.78 Å². The summed E-state index contributed by atoms with van der Waals surface area (Å²) in [5, 5.41) is 3.83. The summed E-state index contributed by atoms with van der Waals surface area (Å²) < 4.78 is 48.7. The number of aromatic nitrogens is 1. The second-order valence-corrected chi connectivity index (χ2v) is 6.44. The zero-order chi connectivity index (χ0) is 23.0. The highest BCUT2D eigenvalue weighted by Gasteiger charge is 2.30. The molecule has 2 aromatic rings. The van der Waals surface area contributed by atoms with Gasteiger partial charge in [0.25, 0.3) is 0 Å². The van der Waals surface area contributed by atoms with Crippen LogP contribution in [0.25, 0.3) is 0 Å². The van der Waals surface area contributed by atoms with E-state index in [9.17, 15) is 18.0 Å². The minimum Gasteiger partial charge on any atom is -0.479 e. The molecule has 0 aliphatic carbocycles. The van der Waals surface area contributed by atoms with Gasteiger partial charge < -0.3 is 19.2 Å². The maximum Gasteiger partial charge on any atom is 0.417 e. The number of benzene rings is 1. The van der Waals surface area contributed by atoms with Crippen molar-refractivity contribution in [1.29, 1.82) is 0 Å². The Hall–Kier alpha value is -3.30. The molecule has 0 amide bonds. The summed E-state index contributed by atoms with van der Waals surface area (Å²) in [5.74, 6) is 0.667. The van der Waals surface area contributed by atoms with Crippen LogP contribution in [0.5, 0.6) is 17.4 Å². The van der Waals surface area contributed by atoms with Gasteiger partial charge in [0.2, 0.25) is 5.88 Å². The normalized spacial score (nSPS) is 12.8. The Bertz CT molecular complexity index is 880. The first-order valence-electron chi connectivity index (χ1n) is 9.62. The molecule has 1 atom stereocenters. The van der Waals surface area contributed by atoms with Crippen molar-refractivity contribution >= 4 is 11.8 Å². The molecule has 0 saturated carbocycles. The lowest BCUT2D eigenvalue weighted by Gasteiger charge is -2.19. The summed E-state index contributed by atoms with van der Waals surface area (Å²) in [6, 6.07) is 8.19. The topological polar surface area (TPSA) is 73.2 Å². The standard InChI is InChI=1S/C21H24F3N3O4/c1-5-27(6-2)15(4)26-31-20(28)14(3)29-17-8-10-18(11-9-17)30-19-12-7-16(13-25-19)21(22,23)24/h7-14H,5-6H2,1-4H3/b26-15+. The number of alkyl halides is 3. The molecule has 10 heteroatoms. The van der Waals surface area contributed by atoms with Gasteiger partial charge in [-0.2, -0.15) is 13.2 Å². The summed E-state index contributed by atoms with van der Waals surface area (Å²) in [6.45, 7) is 8.70. The minimum absolute atomic E-state index is 0.0139. The van der Waals surface area contributed by atoms with Crippen LogP contribution in [-0.4, -0.2) is 40.9 Å². The van der Waals surface area contributed by atoms with E-state index in [2.05, 4.69) is 10.1 Å². The van der Waals surface area contributed by atoms with E-state index >= 15 is 0 Å². The maximum atomic E-state index is 12.6. The molecule has 0 fully saturated rings. The third kappa shape index (κ3) is 7.16. The van der Waals surface area contributed by atoms with Crippen LogP contribution in [0.3, 0.4) is 0 Å². The van der Waals surface area contributed by atoms with Crippen molar-refractivity contribution in [2.45, 2.75) is 40.0 Å². The van der Waals surface area contributed by atoms with Crippen LogP contribution in [0.2, 0.25) is 0 Å². The molecule has 7 nitrogen and oxygen atoms in total. The molecule has 0 aliphatic heterocycles. The summed E-state index contributed by atoms with van der Waals surface area (Å²) in [5.41, 5.74) is -0.860. The number of ether oxygens (including phenoxy) is 2. The molecule has 1 heterocycles. The first kappa shape index (κ1) is 24.0. The third-order valence-electron chi connectivity index (χ3n) is 4.24. The third-order valence-corrected chi connectivity index (χ3v) is 4.24. The number of nitrogens with zero attached hydrogens (tertiary/aromatic N) is 3. The quantitative estimate of drug-likeness (QED) is 0.253. The van der Waals surface area contributed by atoms with Crippen LogP contribution >= 0.6 is 0 Å². The van der Waals surface area contributed by atoms with Gasteiger partial charge in [-0.15, -0.1) is 0 Å². The number of hydrogen-bond donors (Lipinski definition) is 0. The van der Waals surface area contributed by atoms with E-state index in [1.807, 2.05) is 18.7 Å². The van der Waals surface area contributed by atoms with Gasteiger partial charge in [-0.1, -0.05) is 5.16 Å². The van der Waals surface area contributed by atoms with E-state index in [1.54, 1.807) is 19.1 Å². The molecule has 0 radical (unpaired) electrons. The Kier molecular flexibility index (Phi) is 8.23. The van der Waals surface area contributed by atoms with Crippen molar-refractivity contribution in [2.75, 3.05) is 13.1 Å². The van der Waals surface area contributed by atoms with Crippen molar-refractivity contribution in [3.05, 3.63) is 48.2 Å². The van der Waals surface area contributed by atoms with Crippen LogP contribution in [0, 0.1) is 0 Å². The fourth-order valence-electron chi connectivity index (χ4n) is 2.49. The zero-order valence-corrected chi connectivity index (χ0v) is 17.6. The Morgan fingerprint density at radius 3 is 2.23 bits per heavy atom. The summed E-state index contributed by atoms with van der Waals surface area (Å²) >= 11 is 0. The van der Waals surface area contributed by atoms with E-state index in [-0.39, 0.29) is 5.88 Å². The molecule has 1 aromatic heterocycles. The Morgan fingerprint density at radius 2 is 1.71 bits per heavy atom. The Balaban J connectivity index is 1.91. The number of halogens is 3. The highest BCUT2D eigenvalue weighted by molar-refractivity contribution is 5.81. The monoisotopic (exact) mass is 439 g/mol. The second-order valence-electron chi connectivity index (χ2n) is 6.44. The predicted molar refractivity (Wildman–Crippen MR) is 108 cm³/mol. The smallest absolute Gasteiger partial charge is 0.417 e. The number of carbonyl (C=O) groups is 1. The summed E-state index contributed by atoms with van der Waals surface area (Å²) in [7, 11) is 0. The average Bonchev–Trinajstić information content (AvgIpc) is 2.74. The van der Waals surface area contributed by atoms with Gasteiger partial charge in [0.1, 0.15) is 17.3 Å². The number of amidine groups is 1. The fourth-order valence-corrected chi connectivity index (χ4v) is 2.49. The molecule has 1 aromatic carbocycles. The van der Waals surface area contributed by atoms with Crippen LogP contribution in [0.15, 0.2) is 47.8 Å². The molecular formula is C21H24F3N3O4. The molecule has 0 spiro atoms. The molecule has 0 bridgehead atoms. The number of carbonyl (C=O) groups excluding carboxylic acids is 1. The number of rotatable bonds is 8. The number of oxime groups is 1. The fraction of sp³-hybridized carbons (Fsp3) is 0.381. The van der Waals surface area contributed by atoms with Gasteiger partial charge in [-0.3, -0.25) is 0 Å². The Labute approximate surface area is 178 Å². The molecule has 168 valence electrons.